The Kier molecular flexibility index (Phi) is 4.84. The van der Waals surface area contributed by atoms with E-state index in [2.05, 4.69) is 10.4 Å². The van der Waals surface area contributed by atoms with Gasteiger partial charge in [0.15, 0.2) is 9.84 Å². The number of nitrogens with one attached hydrogen (secondary N) is 1. The van der Waals surface area contributed by atoms with Gasteiger partial charge in [-0.15, -0.1) is 0 Å². The lowest BCUT2D eigenvalue weighted by molar-refractivity contribution is -0.114. The predicted octanol–water partition coefficient (Wildman–Crippen LogP) is 3.88. The molecule has 6 nitrogen and oxygen atoms in total. The van der Waals surface area contributed by atoms with Crippen LogP contribution in [-0.2, 0) is 16.4 Å². The highest BCUT2D eigenvalue weighted by molar-refractivity contribution is 7.90. The summed E-state index contributed by atoms with van der Waals surface area (Å²) in [6, 6.07) is 9.52. The van der Waals surface area contributed by atoms with Crippen molar-refractivity contribution in [3.05, 3.63) is 54.0 Å². The summed E-state index contributed by atoms with van der Waals surface area (Å²) in [7, 11) is -3.47. The molecule has 0 spiro atoms. The number of hydrogen-bond donors (Lipinski definition) is 1. The van der Waals surface area contributed by atoms with E-state index in [1.54, 1.807) is 0 Å². The quantitative estimate of drug-likeness (QED) is 0.657. The number of halogens is 3. The molecule has 0 aliphatic heterocycles. The Bertz CT molecular complexity index is 1250. The number of benzene rings is 2. The van der Waals surface area contributed by atoms with Crippen LogP contribution in [0.3, 0.4) is 0 Å². The van der Waals surface area contributed by atoms with E-state index in [1.807, 2.05) is 0 Å². The third-order valence-corrected chi connectivity index (χ3v) is 6.15. The summed E-state index contributed by atoms with van der Waals surface area (Å²) >= 11 is 0. The Hall–Kier alpha value is -2.88. The Balaban J connectivity index is 1.68. The van der Waals surface area contributed by atoms with Crippen LogP contribution in [0.5, 0.6) is 0 Å². The summed E-state index contributed by atoms with van der Waals surface area (Å²) in [6.07, 6.45) is 0.462. The van der Waals surface area contributed by atoms with Crippen molar-refractivity contribution in [2.24, 2.45) is 5.92 Å². The van der Waals surface area contributed by atoms with E-state index in [0.29, 0.717) is 5.39 Å². The monoisotopic (exact) mass is 437 g/mol. The van der Waals surface area contributed by atoms with Gasteiger partial charge in [0, 0.05) is 42.8 Å². The number of carbonyl (C=O) groups excluding carboxylic acids is 1. The third-order valence-electron chi connectivity index (χ3n) is 5.04. The molecule has 1 aliphatic rings. The molecule has 10 heteroatoms. The van der Waals surface area contributed by atoms with Crippen molar-refractivity contribution in [1.29, 1.82) is 0 Å². The van der Waals surface area contributed by atoms with E-state index in [0.717, 1.165) is 6.26 Å². The Morgan fingerprint density at radius 3 is 2.63 bits per heavy atom. The number of aromatic nitrogens is 2. The second-order valence-corrected chi connectivity index (χ2v) is 9.59. The highest BCUT2D eigenvalue weighted by Crippen LogP contribution is 2.43. The zero-order chi connectivity index (χ0) is 21.7. The standard InChI is InChI=1S/C20H18F3N3O3S/c1-30(28,29)15-4-2-3-14(8-15)24-19(27)18-16-6-5-13(21)7-17(16)25-26(18)11-12-9-20(22,23)10-12/h2-8,12H,9-11H2,1H3,(H,24,27). The van der Waals surface area contributed by atoms with E-state index in [1.165, 1.54) is 47.1 Å². The van der Waals surface area contributed by atoms with Gasteiger partial charge in [-0.2, -0.15) is 5.10 Å². The van der Waals surface area contributed by atoms with E-state index >= 15 is 0 Å². The summed E-state index contributed by atoms with van der Waals surface area (Å²) in [6.45, 7) is 0.0953. The molecule has 0 unspecified atom stereocenters. The second-order valence-electron chi connectivity index (χ2n) is 7.58. The first-order valence-electron chi connectivity index (χ1n) is 9.17. The zero-order valence-corrected chi connectivity index (χ0v) is 16.7. The van der Waals surface area contributed by atoms with Gasteiger partial charge in [0.25, 0.3) is 5.91 Å². The van der Waals surface area contributed by atoms with E-state index in [4.69, 9.17) is 0 Å². The molecule has 1 aromatic heterocycles. The maximum atomic E-state index is 13.6. The van der Waals surface area contributed by atoms with Gasteiger partial charge in [0.05, 0.1) is 10.4 Å². The normalized spacial score (nSPS) is 16.4. The molecule has 3 aromatic rings. The lowest BCUT2D eigenvalue weighted by Gasteiger charge is -2.34. The molecular formula is C20H18F3N3O3S. The minimum atomic E-state index is -3.47. The Morgan fingerprint density at radius 2 is 1.97 bits per heavy atom. The van der Waals surface area contributed by atoms with Crippen molar-refractivity contribution in [2.45, 2.75) is 30.2 Å². The largest absolute Gasteiger partial charge is 0.321 e. The molecule has 1 heterocycles. The van der Waals surface area contributed by atoms with Crippen molar-refractivity contribution in [2.75, 3.05) is 11.6 Å². The van der Waals surface area contributed by atoms with Gasteiger partial charge >= 0.3 is 0 Å². The molecule has 30 heavy (non-hydrogen) atoms. The van der Waals surface area contributed by atoms with Gasteiger partial charge in [-0.05, 0) is 36.2 Å². The third kappa shape index (κ3) is 4.04. The van der Waals surface area contributed by atoms with Crippen LogP contribution in [0.1, 0.15) is 23.3 Å². The molecule has 0 radical (unpaired) electrons. The van der Waals surface area contributed by atoms with Crippen LogP contribution in [0.4, 0.5) is 18.9 Å². The summed E-state index contributed by atoms with van der Waals surface area (Å²) in [4.78, 5) is 13.0. The highest BCUT2D eigenvalue weighted by Gasteiger charge is 2.45. The molecule has 1 amide bonds. The van der Waals surface area contributed by atoms with Crippen LogP contribution in [0.15, 0.2) is 47.4 Å². The van der Waals surface area contributed by atoms with Gasteiger partial charge in [-0.1, -0.05) is 6.07 Å². The average molecular weight is 437 g/mol. The SMILES string of the molecule is CS(=O)(=O)c1cccc(NC(=O)c2c3ccc(F)cc3nn2CC2CC(F)(F)C2)c1. The summed E-state index contributed by atoms with van der Waals surface area (Å²) < 4.78 is 64.9. The first-order chi connectivity index (χ1) is 14.0. The molecular weight excluding hydrogens is 419 g/mol. The lowest BCUT2D eigenvalue weighted by Crippen LogP contribution is -2.38. The molecule has 1 N–H and O–H groups in total. The van der Waals surface area contributed by atoms with Gasteiger partial charge in [0.2, 0.25) is 5.92 Å². The molecule has 2 aromatic carbocycles. The number of rotatable bonds is 5. The minimum Gasteiger partial charge on any atom is -0.321 e. The molecule has 1 fully saturated rings. The second kappa shape index (κ2) is 7.12. The fourth-order valence-electron chi connectivity index (χ4n) is 3.63. The van der Waals surface area contributed by atoms with Crippen LogP contribution in [0, 0.1) is 11.7 Å². The average Bonchev–Trinajstić information content (AvgIpc) is 2.96. The van der Waals surface area contributed by atoms with E-state index in [9.17, 15) is 26.4 Å². The molecule has 158 valence electrons. The molecule has 0 atom stereocenters. The van der Waals surface area contributed by atoms with Crippen LogP contribution < -0.4 is 5.32 Å². The smallest absolute Gasteiger partial charge is 0.274 e. The van der Waals surface area contributed by atoms with Crippen molar-refractivity contribution in [1.82, 2.24) is 9.78 Å². The van der Waals surface area contributed by atoms with E-state index < -0.39 is 27.5 Å². The van der Waals surface area contributed by atoms with Gasteiger partial charge in [-0.25, -0.2) is 21.6 Å². The number of nitrogens with zero attached hydrogens (tertiary/aromatic N) is 2. The maximum Gasteiger partial charge on any atom is 0.274 e. The van der Waals surface area contributed by atoms with Gasteiger partial charge in [-0.3, -0.25) is 9.48 Å². The summed E-state index contributed by atoms with van der Waals surface area (Å²) in [5.41, 5.74) is 0.585. The number of anilines is 1. The number of amides is 1. The topological polar surface area (TPSA) is 81.1 Å². The number of hydrogen-bond acceptors (Lipinski definition) is 4. The van der Waals surface area contributed by atoms with Crippen molar-refractivity contribution < 1.29 is 26.4 Å². The zero-order valence-electron chi connectivity index (χ0n) is 15.9. The van der Waals surface area contributed by atoms with Crippen molar-refractivity contribution >= 4 is 32.3 Å². The first kappa shape index (κ1) is 20.4. The number of alkyl halides is 2. The molecule has 1 saturated carbocycles. The highest BCUT2D eigenvalue weighted by atomic mass is 32.2. The van der Waals surface area contributed by atoms with Crippen molar-refractivity contribution in [3.8, 4) is 0 Å². The molecule has 1 aliphatic carbocycles. The van der Waals surface area contributed by atoms with E-state index in [-0.39, 0.29) is 47.1 Å². The van der Waals surface area contributed by atoms with Gasteiger partial charge < -0.3 is 5.32 Å². The number of carbonyl (C=O) groups is 1. The van der Waals surface area contributed by atoms with Crippen LogP contribution >= 0.6 is 0 Å². The number of fused-ring (bicyclic) bond motifs is 1. The molecule has 0 bridgehead atoms. The summed E-state index contributed by atoms with van der Waals surface area (Å²) in [5, 5.41) is 7.24. The predicted molar refractivity (Wildman–Crippen MR) is 105 cm³/mol. The Labute approximate surface area is 170 Å². The van der Waals surface area contributed by atoms with Crippen LogP contribution in [0.2, 0.25) is 0 Å². The summed E-state index contributed by atoms with van der Waals surface area (Å²) in [5.74, 6) is -4.19. The Morgan fingerprint density at radius 1 is 1.23 bits per heavy atom. The minimum absolute atomic E-state index is 0.0393. The fraction of sp³-hybridized carbons (Fsp3) is 0.300. The maximum absolute atomic E-state index is 13.6. The van der Waals surface area contributed by atoms with Gasteiger partial charge in [0.1, 0.15) is 11.5 Å². The van der Waals surface area contributed by atoms with Crippen LogP contribution in [0.25, 0.3) is 10.9 Å². The van der Waals surface area contributed by atoms with Crippen molar-refractivity contribution in [3.63, 3.8) is 0 Å². The molecule has 4 rings (SSSR count). The van der Waals surface area contributed by atoms with Crippen LogP contribution in [-0.4, -0.2) is 36.3 Å². The first-order valence-corrected chi connectivity index (χ1v) is 11.1. The fourth-order valence-corrected chi connectivity index (χ4v) is 4.30. The lowest BCUT2D eigenvalue weighted by atomic mass is 9.81. The molecule has 0 saturated heterocycles. The number of sulfone groups is 1.